The van der Waals surface area contributed by atoms with Gasteiger partial charge in [0.15, 0.2) is 0 Å². The number of rotatable bonds is 2. The van der Waals surface area contributed by atoms with Gasteiger partial charge in [0.25, 0.3) is 0 Å². The highest BCUT2D eigenvalue weighted by atomic mass is 79.9. The average Bonchev–Trinajstić information content (AvgIpc) is 2.57. The van der Waals surface area contributed by atoms with E-state index in [0.29, 0.717) is 6.54 Å². The van der Waals surface area contributed by atoms with E-state index in [-0.39, 0.29) is 0 Å². The van der Waals surface area contributed by atoms with Gasteiger partial charge in [-0.25, -0.2) is 9.67 Å². The number of halogens is 1. The summed E-state index contributed by atoms with van der Waals surface area (Å²) in [7, 11) is 0. The molecule has 0 amide bonds. The minimum Gasteiger partial charge on any atom is -0.326 e. The molecule has 0 unspecified atom stereocenters. The van der Waals surface area contributed by atoms with E-state index >= 15 is 0 Å². The smallest absolute Gasteiger partial charge is 0.148 e. The van der Waals surface area contributed by atoms with Crippen LogP contribution in [-0.4, -0.2) is 14.8 Å². The Balaban J connectivity index is 2.62. The van der Waals surface area contributed by atoms with E-state index in [1.807, 2.05) is 36.7 Å². The summed E-state index contributed by atoms with van der Waals surface area (Å²) < 4.78 is 2.83. The second kappa shape index (κ2) is 4.35. The summed E-state index contributed by atoms with van der Waals surface area (Å²) in [6.07, 6.45) is 0. The topological polar surface area (TPSA) is 56.7 Å². The van der Waals surface area contributed by atoms with E-state index in [2.05, 4.69) is 26.0 Å². The highest BCUT2D eigenvalue weighted by molar-refractivity contribution is 9.10. The predicted molar refractivity (Wildman–Crippen MR) is 66.4 cm³/mol. The number of hydrogen-bond acceptors (Lipinski definition) is 3. The molecule has 2 aromatic rings. The van der Waals surface area contributed by atoms with Gasteiger partial charge in [-0.2, -0.15) is 5.10 Å². The molecular formula is C11H13BrN4. The molecule has 0 saturated heterocycles. The van der Waals surface area contributed by atoms with Gasteiger partial charge in [-0.1, -0.05) is 22.0 Å². The predicted octanol–water partition coefficient (Wildman–Crippen LogP) is 2.11. The lowest BCUT2D eigenvalue weighted by atomic mass is 10.2. The van der Waals surface area contributed by atoms with Crippen LogP contribution in [0.1, 0.15) is 17.2 Å². The molecule has 1 aromatic carbocycles. The Morgan fingerprint density at radius 1 is 1.38 bits per heavy atom. The van der Waals surface area contributed by atoms with Crippen molar-refractivity contribution < 1.29 is 0 Å². The van der Waals surface area contributed by atoms with Crippen LogP contribution < -0.4 is 5.73 Å². The molecule has 2 N–H and O–H groups in total. The summed E-state index contributed by atoms with van der Waals surface area (Å²) in [6, 6.07) is 5.98. The van der Waals surface area contributed by atoms with E-state index in [0.717, 1.165) is 27.4 Å². The lowest BCUT2D eigenvalue weighted by Gasteiger charge is -2.09. The summed E-state index contributed by atoms with van der Waals surface area (Å²) in [6.45, 7) is 4.30. The molecule has 0 atom stereocenters. The van der Waals surface area contributed by atoms with Crippen LogP contribution >= 0.6 is 15.9 Å². The monoisotopic (exact) mass is 280 g/mol. The molecule has 5 heteroatoms. The zero-order valence-electron chi connectivity index (χ0n) is 9.24. The Hall–Kier alpha value is -1.20. The Kier molecular flexibility index (Phi) is 3.07. The summed E-state index contributed by atoms with van der Waals surface area (Å²) >= 11 is 3.45. The van der Waals surface area contributed by atoms with E-state index in [4.69, 9.17) is 5.73 Å². The van der Waals surface area contributed by atoms with Crippen LogP contribution in [0, 0.1) is 13.8 Å². The molecule has 0 radical (unpaired) electrons. The van der Waals surface area contributed by atoms with Crippen molar-refractivity contribution in [2.75, 3.05) is 0 Å². The van der Waals surface area contributed by atoms with Crippen molar-refractivity contribution in [3.8, 4) is 5.69 Å². The van der Waals surface area contributed by atoms with Gasteiger partial charge in [-0.15, -0.1) is 0 Å². The van der Waals surface area contributed by atoms with Crippen LogP contribution in [0.25, 0.3) is 5.69 Å². The van der Waals surface area contributed by atoms with Crippen molar-refractivity contribution >= 4 is 15.9 Å². The first-order valence-electron chi connectivity index (χ1n) is 5.01. The van der Waals surface area contributed by atoms with Gasteiger partial charge in [0.05, 0.1) is 5.69 Å². The average molecular weight is 281 g/mol. The molecule has 0 spiro atoms. The number of benzene rings is 1. The Bertz CT molecular complexity index is 519. The molecule has 0 fully saturated rings. The number of aryl methyl sites for hydroxylation is 2. The van der Waals surface area contributed by atoms with E-state index < -0.39 is 0 Å². The van der Waals surface area contributed by atoms with Crippen molar-refractivity contribution in [1.29, 1.82) is 0 Å². The van der Waals surface area contributed by atoms with Crippen LogP contribution in [0.4, 0.5) is 0 Å². The zero-order valence-corrected chi connectivity index (χ0v) is 10.8. The summed E-state index contributed by atoms with van der Waals surface area (Å²) in [4.78, 5) is 4.29. The number of aromatic nitrogens is 3. The first kappa shape index (κ1) is 11.3. The quantitative estimate of drug-likeness (QED) is 0.917. The van der Waals surface area contributed by atoms with Crippen LogP contribution in [0.2, 0.25) is 0 Å². The van der Waals surface area contributed by atoms with E-state index in [1.54, 1.807) is 0 Å². The fourth-order valence-electron chi connectivity index (χ4n) is 1.66. The maximum absolute atomic E-state index is 5.72. The largest absolute Gasteiger partial charge is 0.326 e. The summed E-state index contributed by atoms with van der Waals surface area (Å²) in [5.74, 6) is 1.63. The Morgan fingerprint density at radius 3 is 2.69 bits per heavy atom. The standard InChI is InChI=1S/C11H13BrN4/c1-7-14-8(2)16(15-7)11-5-10(12)4-3-9(11)6-13/h3-5H,6,13H2,1-2H3. The van der Waals surface area contributed by atoms with Crippen molar-refractivity contribution in [3.05, 3.63) is 39.9 Å². The number of hydrogen-bond donors (Lipinski definition) is 1. The molecule has 2 rings (SSSR count). The third-order valence-electron chi connectivity index (χ3n) is 2.37. The fourth-order valence-corrected chi connectivity index (χ4v) is 2.00. The Labute approximate surface area is 103 Å². The SMILES string of the molecule is Cc1nc(C)n(-c2cc(Br)ccc2CN)n1. The van der Waals surface area contributed by atoms with Crippen molar-refractivity contribution in [3.63, 3.8) is 0 Å². The molecule has 0 aliphatic heterocycles. The van der Waals surface area contributed by atoms with Crippen LogP contribution in [0.3, 0.4) is 0 Å². The molecule has 1 heterocycles. The van der Waals surface area contributed by atoms with Crippen molar-refractivity contribution in [1.82, 2.24) is 14.8 Å². The van der Waals surface area contributed by atoms with E-state index in [1.165, 1.54) is 0 Å². The van der Waals surface area contributed by atoms with Gasteiger partial charge in [-0.05, 0) is 31.5 Å². The molecule has 16 heavy (non-hydrogen) atoms. The van der Waals surface area contributed by atoms with E-state index in [9.17, 15) is 0 Å². The Morgan fingerprint density at radius 2 is 2.12 bits per heavy atom. The second-order valence-corrected chi connectivity index (χ2v) is 4.51. The lowest BCUT2D eigenvalue weighted by Crippen LogP contribution is -2.07. The van der Waals surface area contributed by atoms with Crippen molar-refractivity contribution in [2.24, 2.45) is 5.73 Å². The highest BCUT2D eigenvalue weighted by Gasteiger charge is 2.09. The fraction of sp³-hybridized carbons (Fsp3) is 0.273. The number of nitrogens with zero attached hydrogens (tertiary/aromatic N) is 3. The van der Waals surface area contributed by atoms with Gasteiger partial charge in [0.2, 0.25) is 0 Å². The number of nitrogens with two attached hydrogens (primary N) is 1. The normalized spacial score (nSPS) is 10.8. The zero-order chi connectivity index (χ0) is 11.7. The van der Waals surface area contributed by atoms with Gasteiger partial charge in [0.1, 0.15) is 11.6 Å². The minimum absolute atomic E-state index is 0.487. The molecule has 0 aliphatic rings. The third-order valence-corrected chi connectivity index (χ3v) is 2.86. The van der Waals surface area contributed by atoms with Crippen molar-refractivity contribution in [2.45, 2.75) is 20.4 Å². The molecule has 84 valence electrons. The minimum atomic E-state index is 0.487. The van der Waals surface area contributed by atoms with Gasteiger partial charge >= 0.3 is 0 Å². The summed E-state index contributed by atoms with van der Waals surface area (Å²) in [5.41, 5.74) is 7.75. The van der Waals surface area contributed by atoms with Crippen LogP contribution in [0.15, 0.2) is 22.7 Å². The van der Waals surface area contributed by atoms with Gasteiger partial charge in [-0.3, -0.25) is 0 Å². The van der Waals surface area contributed by atoms with Gasteiger partial charge < -0.3 is 5.73 Å². The second-order valence-electron chi connectivity index (χ2n) is 3.60. The first-order valence-corrected chi connectivity index (χ1v) is 5.80. The summed E-state index contributed by atoms with van der Waals surface area (Å²) in [5, 5.41) is 4.36. The third kappa shape index (κ3) is 2.01. The van der Waals surface area contributed by atoms with Gasteiger partial charge in [0, 0.05) is 11.0 Å². The first-order chi connectivity index (χ1) is 7.61. The van der Waals surface area contributed by atoms with Crippen LogP contribution in [-0.2, 0) is 6.54 Å². The molecule has 0 saturated carbocycles. The highest BCUT2D eigenvalue weighted by Crippen LogP contribution is 2.20. The lowest BCUT2D eigenvalue weighted by molar-refractivity contribution is 0.815. The maximum Gasteiger partial charge on any atom is 0.148 e. The molecular weight excluding hydrogens is 268 g/mol. The molecule has 1 aromatic heterocycles. The van der Waals surface area contributed by atoms with Crippen LogP contribution in [0.5, 0.6) is 0 Å². The maximum atomic E-state index is 5.72. The molecule has 0 bridgehead atoms. The molecule has 0 aliphatic carbocycles. The molecule has 4 nitrogen and oxygen atoms in total.